The molecular weight excluding hydrogens is 186 g/mol. The molecule has 1 atom stereocenters. The first-order valence-electron chi connectivity index (χ1n) is 4.34. The van der Waals surface area contributed by atoms with Gasteiger partial charge in [-0.15, -0.1) is 0 Å². The molecule has 2 nitrogen and oxygen atoms in total. The highest BCUT2D eigenvalue weighted by Crippen LogP contribution is 2.42. The van der Waals surface area contributed by atoms with Crippen LogP contribution in [0.3, 0.4) is 0 Å². The van der Waals surface area contributed by atoms with Gasteiger partial charge in [0, 0.05) is 23.0 Å². The molecule has 0 fully saturated rings. The molecule has 0 spiro atoms. The van der Waals surface area contributed by atoms with Gasteiger partial charge in [0.1, 0.15) is 5.75 Å². The summed E-state index contributed by atoms with van der Waals surface area (Å²) in [6, 6.07) is 3.79. The molecule has 0 saturated carbocycles. The van der Waals surface area contributed by atoms with Crippen LogP contribution in [0.4, 0.5) is 5.69 Å². The Kier molecular flexibility index (Phi) is 2.08. The van der Waals surface area contributed by atoms with Gasteiger partial charge in [0.2, 0.25) is 0 Å². The van der Waals surface area contributed by atoms with Crippen LogP contribution in [-0.2, 0) is 0 Å². The quantitative estimate of drug-likeness (QED) is 0.748. The smallest absolute Gasteiger partial charge is 0.142 e. The monoisotopic (exact) mass is 197 g/mol. The lowest BCUT2D eigenvalue weighted by molar-refractivity contribution is 0.416. The molecular formula is C10H12ClNO. The summed E-state index contributed by atoms with van der Waals surface area (Å²) in [7, 11) is 1.67. The van der Waals surface area contributed by atoms with Gasteiger partial charge in [-0.05, 0) is 12.1 Å². The zero-order valence-corrected chi connectivity index (χ0v) is 8.48. The highest BCUT2D eigenvalue weighted by molar-refractivity contribution is 6.32. The maximum atomic E-state index is 6.10. The summed E-state index contributed by atoms with van der Waals surface area (Å²) in [5.74, 6) is 1.35. The molecule has 1 aromatic rings. The Morgan fingerprint density at radius 1 is 1.54 bits per heavy atom. The average Bonchev–Trinajstić information content (AvgIpc) is 2.50. The molecule has 13 heavy (non-hydrogen) atoms. The van der Waals surface area contributed by atoms with E-state index in [0.29, 0.717) is 5.92 Å². The molecule has 1 heterocycles. The summed E-state index contributed by atoms with van der Waals surface area (Å²) in [6.07, 6.45) is 0. The second-order valence-corrected chi connectivity index (χ2v) is 3.73. The SMILES string of the molecule is COc1ccc(Cl)c2c1NCC2C. The van der Waals surface area contributed by atoms with E-state index in [1.807, 2.05) is 12.1 Å². The Labute approximate surface area is 82.9 Å². The molecule has 0 amide bonds. The molecule has 1 N–H and O–H groups in total. The van der Waals surface area contributed by atoms with E-state index in [9.17, 15) is 0 Å². The van der Waals surface area contributed by atoms with E-state index < -0.39 is 0 Å². The van der Waals surface area contributed by atoms with Crippen molar-refractivity contribution in [3.8, 4) is 5.75 Å². The second-order valence-electron chi connectivity index (χ2n) is 3.32. The van der Waals surface area contributed by atoms with Gasteiger partial charge in [-0.3, -0.25) is 0 Å². The van der Waals surface area contributed by atoms with Crippen LogP contribution in [0.2, 0.25) is 5.02 Å². The van der Waals surface area contributed by atoms with Gasteiger partial charge < -0.3 is 10.1 Å². The number of benzene rings is 1. The third-order valence-electron chi connectivity index (χ3n) is 2.45. The number of hydrogen-bond acceptors (Lipinski definition) is 2. The van der Waals surface area contributed by atoms with Crippen LogP contribution in [0, 0.1) is 0 Å². The zero-order valence-electron chi connectivity index (χ0n) is 7.73. The van der Waals surface area contributed by atoms with Crippen LogP contribution in [0.15, 0.2) is 12.1 Å². The summed E-state index contributed by atoms with van der Waals surface area (Å²) in [5.41, 5.74) is 2.24. The van der Waals surface area contributed by atoms with Crippen LogP contribution >= 0.6 is 11.6 Å². The molecule has 0 radical (unpaired) electrons. The van der Waals surface area contributed by atoms with Gasteiger partial charge >= 0.3 is 0 Å². The van der Waals surface area contributed by atoms with E-state index in [1.165, 1.54) is 5.56 Å². The summed E-state index contributed by atoms with van der Waals surface area (Å²) < 4.78 is 5.24. The van der Waals surface area contributed by atoms with Gasteiger partial charge in [-0.25, -0.2) is 0 Å². The molecule has 1 unspecified atom stereocenters. The van der Waals surface area contributed by atoms with Crippen molar-refractivity contribution in [2.24, 2.45) is 0 Å². The van der Waals surface area contributed by atoms with Crippen LogP contribution in [0.25, 0.3) is 0 Å². The molecule has 1 aliphatic rings. The molecule has 0 bridgehead atoms. The van der Waals surface area contributed by atoms with Gasteiger partial charge in [0.15, 0.2) is 0 Å². The maximum absolute atomic E-state index is 6.10. The van der Waals surface area contributed by atoms with Crippen molar-refractivity contribution in [3.05, 3.63) is 22.7 Å². The van der Waals surface area contributed by atoms with E-state index >= 15 is 0 Å². The minimum atomic E-state index is 0.470. The summed E-state index contributed by atoms with van der Waals surface area (Å²) in [6.45, 7) is 3.10. The fourth-order valence-electron chi connectivity index (χ4n) is 1.77. The second kappa shape index (κ2) is 3.11. The van der Waals surface area contributed by atoms with E-state index in [4.69, 9.17) is 16.3 Å². The minimum absolute atomic E-state index is 0.470. The van der Waals surface area contributed by atoms with E-state index in [0.717, 1.165) is 23.0 Å². The largest absolute Gasteiger partial charge is 0.495 e. The van der Waals surface area contributed by atoms with Crippen molar-refractivity contribution in [1.82, 2.24) is 0 Å². The fourth-order valence-corrected chi connectivity index (χ4v) is 2.11. The first-order chi connectivity index (χ1) is 6.24. The molecule has 0 aromatic heterocycles. The molecule has 0 saturated heterocycles. The Balaban J connectivity index is 2.59. The number of rotatable bonds is 1. The fraction of sp³-hybridized carbons (Fsp3) is 0.400. The Bertz CT molecular complexity index is 338. The number of hydrogen-bond donors (Lipinski definition) is 1. The van der Waals surface area contributed by atoms with Crippen molar-refractivity contribution in [1.29, 1.82) is 0 Å². The molecule has 70 valence electrons. The summed E-state index contributed by atoms with van der Waals surface area (Å²) in [4.78, 5) is 0. The predicted molar refractivity (Wildman–Crippen MR) is 54.9 cm³/mol. The van der Waals surface area contributed by atoms with Crippen LogP contribution in [0.1, 0.15) is 18.4 Å². The van der Waals surface area contributed by atoms with Gasteiger partial charge in [-0.2, -0.15) is 0 Å². The Morgan fingerprint density at radius 3 is 3.00 bits per heavy atom. The zero-order chi connectivity index (χ0) is 9.42. The number of anilines is 1. The molecule has 3 heteroatoms. The lowest BCUT2D eigenvalue weighted by Gasteiger charge is -2.09. The van der Waals surface area contributed by atoms with Gasteiger partial charge in [0.05, 0.1) is 12.8 Å². The van der Waals surface area contributed by atoms with Crippen molar-refractivity contribution < 1.29 is 4.74 Å². The highest BCUT2D eigenvalue weighted by Gasteiger charge is 2.23. The molecule has 1 aromatic carbocycles. The summed E-state index contributed by atoms with van der Waals surface area (Å²) in [5, 5.41) is 4.13. The number of methoxy groups -OCH3 is 1. The van der Waals surface area contributed by atoms with Crippen molar-refractivity contribution in [2.75, 3.05) is 19.0 Å². The van der Waals surface area contributed by atoms with E-state index in [-0.39, 0.29) is 0 Å². The highest BCUT2D eigenvalue weighted by atomic mass is 35.5. The van der Waals surface area contributed by atoms with Gasteiger partial charge in [-0.1, -0.05) is 18.5 Å². The maximum Gasteiger partial charge on any atom is 0.142 e. The topological polar surface area (TPSA) is 21.3 Å². The third kappa shape index (κ3) is 1.25. The number of fused-ring (bicyclic) bond motifs is 1. The first kappa shape index (κ1) is 8.70. The third-order valence-corrected chi connectivity index (χ3v) is 2.78. The number of ether oxygens (including phenoxy) is 1. The Hall–Kier alpha value is -0.890. The van der Waals surface area contributed by atoms with E-state index in [1.54, 1.807) is 7.11 Å². The van der Waals surface area contributed by atoms with Crippen LogP contribution in [-0.4, -0.2) is 13.7 Å². The molecule has 2 rings (SSSR count). The van der Waals surface area contributed by atoms with E-state index in [2.05, 4.69) is 12.2 Å². The normalized spacial score (nSPS) is 19.5. The van der Waals surface area contributed by atoms with Crippen molar-refractivity contribution >= 4 is 17.3 Å². The standard InChI is InChI=1S/C10H12ClNO/c1-6-5-12-10-8(13-2)4-3-7(11)9(6)10/h3-4,6,12H,5H2,1-2H3. The van der Waals surface area contributed by atoms with Gasteiger partial charge in [0.25, 0.3) is 0 Å². The lowest BCUT2D eigenvalue weighted by Crippen LogP contribution is -1.96. The average molecular weight is 198 g/mol. The summed E-state index contributed by atoms with van der Waals surface area (Å²) >= 11 is 6.10. The molecule has 1 aliphatic heterocycles. The predicted octanol–water partition coefficient (Wildman–Crippen LogP) is 2.88. The Morgan fingerprint density at radius 2 is 2.31 bits per heavy atom. The minimum Gasteiger partial charge on any atom is -0.495 e. The molecule has 0 aliphatic carbocycles. The number of nitrogens with one attached hydrogen (secondary N) is 1. The van der Waals surface area contributed by atoms with Crippen LogP contribution < -0.4 is 10.1 Å². The lowest BCUT2D eigenvalue weighted by atomic mass is 10.0. The number of halogens is 1. The van der Waals surface area contributed by atoms with Crippen molar-refractivity contribution in [2.45, 2.75) is 12.8 Å². The van der Waals surface area contributed by atoms with Crippen LogP contribution in [0.5, 0.6) is 5.75 Å². The first-order valence-corrected chi connectivity index (χ1v) is 4.72. The van der Waals surface area contributed by atoms with Crippen molar-refractivity contribution in [3.63, 3.8) is 0 Å².